The zero-order valence-electron chi connectivity index (χ0n) is 6.64. The van der Waals surface area contributed by atoms with Gasteiger partial charge in [0.15, 0.2) is 0 Å². The van der Waals surface area contributed by atoms with Crippen LogP contribution in [0.5, 0.6) is 0 Å². The highest BCUT2D eigenvalue weighted by atomic mass is 16.3. The van der Waals surface area contributed by atoms with E-state index in [1.807, 2.05) is 6.92 Å². The molecule has 0 saturated heterocycles. The van der Waals surface area contributed by atoms with Gasteiger partial charge in [0.2, 0.25) is 0 Å². The van der Waals surface area contributed by atoms with Crippen LogP contribution in [0.3, 0.4) is 0 Å². The number of aliphatic hydroxyl groups is 1. The van der Waals surface area contributed by atoms with Crippen LogP contribution in [-0.4, -0.2) is 23.8 Å². The van der Waals surface area contributed by atoms with Gasteiger partial charge >= 0.3 is 0 Å². The lowest BCUT2D eigenvalue weighted by atomic mass is 10.2. The maximum absolute atomic E-state index is 8.73. The predicted octanol–water partition coefficient (Wildman–Crippen LogP) is 0.899. The predicted molar refractivity (Wildman–Crippen MR) is 41.9 cm³/mol. The standard InChI is InChI=1S/C8H17NO/c1-7(6-10)9-8-4-2-3-5-8/h7-10H,2-6H2,1H3. The number of nitrogens with one attached hydrogen (secondary N) is 1. The number of hydrogen-bond acceptors (Lipinski definition) is 2. The third-order valence-corrected chi connectivity index (χ3v) is 2.15. The quantitative estimate of drug-likeness (QED) is 0.615. The minimum absolute atomic E-state index is 0.260. The van der Waals surface area contributed by atoms with Crippen molar-refractivity contribution in [2.24, 2.45) is 0 Å². The second-order valence-electron chi connectivity index (χ2n) is 3.23. The van der Waals surface area contributed by atoms with Gasteiger partial charge in [-0.25, -0.2) is 0 Å². The molecule has 0 radical (unpaired) electrons. The van der Waals surface area contributed by atoms with E-state index in [1.54, 1.807) is 0 Å². The molecule has 1 atom stereocenters. The minimum atomic E-state index is 0.260. The fourth-order valence-corrected chi connectivity index (χ4v) is 1.55. The Morgan fingerprint density at radius 2 is 2.10 bits per heavy atom. The van der Waals surface area contributed by atoms with E-state index >= 15 is 0 Å². The molecule has 1 saturated carbocycles. The number of aliphatic hydroxyl groups excluding tert-OH is 1. The van der Waals surface area contributed by atoms with E-state index < -0.39 is 0 Å². The smallest absolute Gasteiger partial charge is 0.0582 e. The van der Waals surface area contributed by atoms with E-state index in [2.05, 4.69) is 5.32 Å². The monoisotopic (exact) mass is 143 g/mol. The fourth-order valence-electron chi connectivity index (χ4n) is 1.55. The molecule has 1 aliphatic carbocycles. The summed E-state index contributed by atoms with van der Waals surface area (Å²) in [6.45, 7) is 2.29. The van der Waals surface area contributed by atoms with Crippen molar-refractivity contribution in [2.45, 2.75) is 44.7 Å². The summed E-state index contributed by atoms with van der Waals surface area (Å²) in [6, 6.07) is 0.963. The Morgan fingerprint density at radius 3 is 2.60 bits per heavy atom. The fraction of sp³-hybridized carbons (Fsp3) is 1.00. The molecule has 0 aliphatic heterocycles. The van der Waals surface area contributed by atoms with Crippen LogP contribution in [-0.2, 0) is 0 Å². The van der Waals surface area contributed by atoms with Crippen LogP contribution in [0.25, 0.3) is 0 Å². The van der Waals surface area contributed by atoms with E-state index in [9.17, 15) is 0 Å². The van der Waals surface area contributed by atoms with Crippen molar-refractivity contribution in [2.75, 3.05) is 6.61 Å². The second-order valence-corrected chi connectivity index (χ2v) is 3.23. The highest BCUT2D eigenvalue weighted by Gasteiger charge is 2.15. The Hall–Kier alpha value is -0.0800. The molecule has 0 amide bonds. The van der Waals surface area contributed by atoms with Crippen molar-refractivity contribution >= 4 is 0 Å². The molecular formula is C8H17NO. The van der Waals surface area contributed by atoms with Crippen molar-refractivity contribution in [3.63, 3.8) is 0 Å². The van der Waals surface area contributed by atoms with Gasteiger partial charge in [0.05, 0.1) is 6.61 Å². The van der Waals surface area contributed by atoms with Crippen molar-refractivity contribution < 1.29 is 5.11 Å². The lowest BCUT2D eigenvalue weighted by Crippen LogP contribution is -2.36. The van der Waals surface area contributed by atoms with Gasteiger partial charge in [-0.05, 0) is 19.8 Å². The summed E-state index contributed by atoms with van der Waals surface area (Å²) in [6.07, 6.45) is 5.31. The van der Waals surface area contributed by atoms with Gasteiger partial charge in [-0.1, -0.05) is 12.8 Å². The minimum Gasteiger partial charge on any atom is -0.395 e. The lowest BCUT2D eigenvalue weighted by Gasteiger charge is -2.16. The van der Waals surface area contributed by atoms with Gasteiger partial charge in [-0.2, -0.15) is 0 Å². The van der Waals surface area contributed by atoms with Crippen molar-refractivity contribution in [1.82, 2.24) is 5.32 Å². The molecule has 0 aromatic rings. The van der Waals surface area contributed by atoms with Gasteiger partial charge in [-0.15, -0.1) is 0 Å². The summed E-state index contributed by atoms with van der Waals surface area (Å²) in [7, 11) is 0. The molecule has 0 aromatic carbocycles. The van der Waals surface area contributed by atoms with Gasteiger partial charge in [-0.3, -0.25) is 0 Å². The Balaban J connectivity index is 2.11. The highest BCUT2D eigenvalue weighted by molar-refractivity contribution is 4.75. The van der Waals surface area contributed by atoms with E-state index in [0.29, 0.717) is 6.04 Å². The van der Waals surface area contributed by atoms with Crippen LogP contribution in [0.2, 0.25) is 0 Å². The Morgan fingerprint density at radius 1 is 1.50 bits per heavy atom. The Bertz CT molecular complexity index is 89.3. The first-order chi connectivity index (χ1) is 4.83. The van der Waals surface area contributed by atoms with Crippen molar-refractivity contribution in [3.8, 4) is 0 Å². The van der Waals surface area contributed by atoms with Crippen LogP contribution < -0.4 is 5.32 Å². The molecule has 0 bridgehead atoms. The summed E-state index contributed by atoms with van der Waals surface area (Å²) < 4.78 is 0. The Labute approximate surface area is 62.6 Å². The molecule has 1 aliphatic rings. The van der Waals surface area contributed by atoms with Gasteiger partial charge < -0.3 is 10.4 Å². The second kappa shape index (κ2) is 3.94. The average molecular weight is 143 g/mol. The summed E-state index contributed by atoms with van der Waals surface area (Å²) in [5.74, 6) is 0. The normalized spacial score (nSPS) is 23.4. The van der Waals surface area contributed by atoms with Gasteiger partial charge in [0.1, 0.15) is 0 Å². The molecule has 10 heavy (non-hydrogen) atoms. The SMILES string of the molecule is CC(CO)NC1CCCC1. The molecule has 2 N–H and O–H groups in total. The molecule has 1 rings (SSSR count). The van der Waals surface area contributed by atoms with Gasteiger partial charge in [0.25, 0.3) is 0 Å². The zero-order chi connectivity index (χ0) is 7.40. The van der Waals surface area contributed by atoms with Crippen LogP contribution in [0, 0.1) is 0 Å². The number of rotatable bonds is 3. The molecule has 0 heterocycles. The zero-order valence-corrected chi connectivity index (χ0v) is 6.64. The molecule has 60 valence electrons. The molecular weight excluding hydrogens is 126 g/mol. The summed E-state index contributed by atoms with van der Waals surface area (Å²) in [4.78, 5) is 0. The number of hydrogen-bond donors (Lipinski definition) is 2. The first-order valence-corrected chi connectivity index (χ1v) is 4.20. The molecule has 1 unspecified atom stereocenters. The highest BCUT2D eigenvalue weighted by Crippen LogP contribution is 2.17. The average Bonchev–Trinajstić information content (AvgIpc) is 2.40. The van der Waals surface area contributed by atoms with Crippen molar-refractivity contribution in [3.05, 3.63) is 0 Å². The summed E-state index contributed by atoms with van der Waals surface area (Å²) >= 11 is 0. The van der Waals surface area contributed by atoms with E-state index in [1.165, 1.54) is 25.7 Å². The van der Waals surface area contributed by atoms with E-state index in [0.717, 1.165) is 0 Å². The lowest BCUT2D eigenvalue weighted by molar-refractivity contribution is 0.241. The van der Waals surface area contributed by atoms with E-state index in [4.69, 9.17) is 5.11 Å². The van der Waals surface area contributed by atoms with Crippen LogP contribution in [0.15, 0.2) is 0 Å². The maximum Gasteiger partial charge on any atom is 0.0582 e. The topological polar surface area (TPSA) is 32.3 Å². The molecule has 0 aromatic heterocycles. The van der Waals surface area contributed by atoms with Crippen molar-refractivity contribution in [1.29, 1.82) is 0 Å². The van der Waals surface area contributed by atoms with Gasteiger partial charge in [0, 0.05) is 12.1 Å². The summed E-state index contributed by atoms with van der Waals surface area (Å²) in [5.41, 5.74) is 0. The van der Waals surface area contributed by atoms with Crippen LogP contribution in [0.4, 0.5) is 0 Å². The third kappa shape index (κ3) is 2.27. The maximum atomic E-state index is 8.73. The first kappa shape index (κ1) is 8.02. The first-order valence-electron chi connectivity index (χ1n) is 4.20. The van der Waals surface area contributed by atoms with Crippen LogP contribution in [0.1, 0.15) is 32.6 Å². The molecule has 2 heteroatoms. The summed E-state index contributed by atoms with van der Waals surface area (Å²) in [5, 5.41) is 12.1. The largest absolute Gasteiger partial charge is 0.395 e. The third-order valence-electron chi connectivity index (χ3n) is 2.15. The molecule has 1 fully saturated rings. The van der Waals surface area contributed by atoms with Crippen LogP contribution >= 0.6 is 0 Å². The Kier molecular flexibility index (Phi) is 3.16. The van der Waals surface area contributed by atoms with E-state index in [-0.39, 0.29) is 12.6 Å². The molecule has 0 spiro atoms. The molecule has 2 nitrogen and oxygen atoms in total.